The fourth-order valence-corrected chi connectivity index (χ4v) is 3.53. The first kappa shape index (κ1) is 16.5. The molecular formula is C15H15ClN4O3S. The van der Waals surface area contributed by atoms with Gasteiger partial charge in [0.05, 0.1) is 19.3 Å². The summed E-state index contributed by atoms with van der Waals surface area (Å²) in [6.45, 7) is 1.00. The third kappa shape index (κ3) is 3.77. The second-order valence-electron chi connectivity index (χ2n) is 5.12. The molecule has 126 valence electrons. The fraction of sp³-hybridized carbons (Fsp3) is 0.267. The summed E-state index contributed by atoms with van der Waals surface area (Å²) in [6.07, 6.45) is 0.0779. The molecule has 0 spiro atoms. The maximum absolute atomic E-state index is 12.4. The summed E-state index contributed by atoms with van der Waals surface area (Å²) < 4.78 is 4.55. The van der Waals surface area contributed by atoms with Crippen molar-refractivity contribution < 1.29 is 14.3 Å². The molecule has 1 aromatic heterocycles. The van der Waals surface area contributed by atoms with Crippen LogP contribution in [0.1, 0.15) is 10.6 Å². The molecule has 1 aromatic carbocycles. The largest absolute Gasteiger partial charge is 0.453 e. The Bertz CT molecular complexity index is 780. The number of aromatic nitrogens is 1. The smallest absolute Gasteiger partial charge is 0.413 e. The number of ether oxygens (including phenoxy) is 1. The number of anilines is 2. The Hall–Kier alpha value is -2.32. The van der Waals surface area contributed by atoms with E-state index in [1.807, 2.05) is 0 Å². The van der Waals surface area contributed by atoms with Crippen molar-refractivity contribution in [3.05, 3.63) is 39.9 Å². The molecule has 0 atom stereocenters. The van der Waals surface area contributed by atoms with Crippen LogP contribution in [0.4, 0.5) is 20.4 Å². The average molecular weight is 367 g/mol. The van der Waals surface area contributed by atoms with Gasteiger partial charge in [-0.15, -0.1) is 0 Å². The van der Waals surface area contributed by atoms with Crippen LogP contribution in [-0.4, -0.2) is 35.7 Å². The van der Waals surface area contributed by atoms with Gasteiger partial charge >= 0.3 is 12.1 Å². The van der Waals surface area contributed by atoms with Crippen molar-refractivity contribution in [2.75, 3.05) is 24.3 Å². The Balaban J connectivity index is 1.66. The zero-order valence-corrected chi connectivity index (χ0v) is 14.4. The maximum atomic E-state index is 12.4. The van der Waals surface area contributed by atoms with E-state index in [0.29, 0.717) is 35.4 Å². The second-order valence-corrected chi connectivity index (χ2v) is 6.64. The zero-order valence-electron chi connectivity index (χ0n) is 12.8. The molecule has 0 radical (unpaired) electrons. The summed E-state index contributed by atoms with van der Waals surface area (Å²) in [5, 5.41) is 6.42. The van der Waals surface area contributed by atoms with Gasteiger partial charge < -0.3 is 15.0 Å². The monoisotopic (exact) mass is 366 g/mol. The maximum Gasteiger partial charge on any atom is 0.413 e. The van der Waals surface area contributed by atoms with E-state index >= 15 is 0 Å². The summed E-state index contributed by atoms with van der Waals surface area (Å²) in [7, 11) is 1.30. The van der Waals surface area contributed by atoms with E-state index in [1.165, 1.54) is 18.4 Å². The van der Waals surface area contributed by atoms with Crippen LogP contribution < -0.4 is 10.6 Å². The number of nitrogens with one attached hydrogen (secondary N) is 2. The number of hydrogen-bond acceptors (Lipinski definition) is 5. The number of carbonyl (C=O) groups excluding carboxylic acids is 2. The van der Waals surface area contributed by atoms with Gasteiger partial charge in [-0.3, -0.25) is 5.32 Å². The van der Waals surface area contributed by atoms with E-state index in [4.69, 9.17) is 11.6 Å². The van der Waals surface area contributed by atoms with Gasteiger partial charge in [0.2, 0.25) is 0 Å². The Kier molecular flexibility index (Phi) is 4.86. The lowest BCUT2D eigenvalue weighted by atomic mass is 10.2. The van der Waals surface area contributed by atoms with E-state index < -0.39 is 6.09 Å². The highest BCUT2D eigenvalue weighted by molar-refractivity contribution is 7.15. The molecule has 7 nitrogen and oxygen atoms in total. The Labute approximate surface area is 147 Å². The quantitative estimate of drug-likeness (QED) is 0.851. The summed E-state index contributed by atoms with van der Waals surface area (Å²) >= 11 is 7.26. The van der Waals surface area contributed by atoms with Crippen molar-refractivity contribution in [3.8, 4) is 0 Å². The van der Waals surface area contributed by atoms with Crippen LogP contribution in [0.25, 0.3) is 0 Å². The molecule has 2 heterocycles. The summed E-state index contributed by atoms with van der Waals surface area (Å²) in [6, 6.07) is 6.81. The van der Waals surface area contributed by atoms with Gasteiger partial charge in [-0.1, -0.05) is 29.0 Å². The summed E-state index contributed by atoms with van der Waals surface area (Å²) in [5.74, 6) is 0. The first-order chi connectivity index (χ1) is 11.5. The lowest BCUT2D eigenvalue weighted by Gasteiger charge is -2.26. The number of carbonyl (C=O) groups is 2. The number of methoxy groups -OCH3 is 1. The number of thiazole rings is 1. The Morgan fingerprint density at radius 2 is 2.21 bits per heavy atom. The molecule has 2 N–H and O–H groups in total. The van der Waals surface area contributed by atoms with Crippen LogP contribution in [0, 0.1) is 0 Å². The van der Waals surface area contributed by atoms with E-state index in [-0.39, 0.29) is 6.03 Å². The van der Waals surface area contributed by atoms with Gasteiger partial charge in [0, 0.05) is 28.6 Å². The van der Waals surface area contributed by atoms with Crippen LogP contribution in [0.3, 0.4) is 0 Å². The third-order valence-corrected chi connectivity index (χ3v) is 4.72. The average Bonchev–Trinajstić information content (AvgIpc) is 2.95. The van der Waals surface area contributed by atoms with E-state index in [2.05, 4.69) is 20.4 Å². The topological polar surface area (TPSA) is 83.6 Å². The molecule has 9 heteroatoms. The molecule has 2 aromatic rings. The lowest BCUT2D eigenvalue weighted by molar-refractivity contribution is 0.187. The van der Waals surface area contributed by atoms with Gasteiger partial charge in [0.25, 0.3) is 0 Å². The molecule has 0 aliphatic carbocycles. The number of hydrogen-bond donors (Lipinski definition) is 2. The van der Waals surface area contributed by atoms with E-state index in [0.717, 1.165) is 10.6 Å². The van der Waals surface area contributed by atoms with Crippen LogP contribution in [-0.2, 0) is 17.7 Å². The number of fused-ring (bicyclic) bond motifs is 1. The number of rotatable bonds is 2. The summed E-state index contributed by atoms with van der Waals surface area (Å²) in [5.41, 5.74) is 1.55. The minimum Gasteiger partial charge on any atom is -0.453 e. The third-order valence-electron chi connectivity index (χ3n) is 3.49. The molecule has 1 aliphatic rings. The van der Waals surface area contributed by atoms with E-state index in [1.54, 1.807) is 29.2 Å². The molecule has 0 unspecified atom stereocenters. The number of urea groups is 1. The van der Waals surface area contributed by atoms with Crippen molar-refractivity contribution >= 4 is 45.9 Å². The predicted molar refractivity (Wildman–Crippen MR) is 92.7 cm³/mol. The van der Waals surface area contributed by atoms with Gasteiger partial charge in [-0.05, 0) is 18.2 Å². The SMILES string of the molecule is COC(=O)Nc1nc2c(s1)CN(C(=O)Nc1cccc(Cl)c1)CC2. The standard InChI is InChI=1S/C15H15ClN4O3S/c1-23-15(22)19-13-18-11-5-6-20(8-12(11)24-13)14(21)17-10-4-2-3-9(16)7-10/h2-4,7H,5-6,8H2,1H3,(H,17,21)(H,18,19,22). The van der Waals surface area contributed by atoms with Crippen LogP contribution >= 0.6 is 22.9 Å². The van der Waals surface area contributed by atoms with E-state index in [9.17, 15) is 9.59 Å². The summed E-state index contributed by atoms with van der Waals surface area (Å²) in [4.78, 5) is 30.6. The first-order valence-corrected chi connectivity index (χ1v) is 8.39. The zero-order chi connectivity index (χ0) is 17.1. The van der Waals surface area contributed by atoms with Gasteiger partial charge in [0.15, 0.2) is 5.13 Å². The van der Waals surface area contributed by atoms with Gasteiger partial charge in [-0.25, -0.2) is 14.6 Å². The molecule has 3 rings (SSSR count). The number of halogens is 1. The van der Waals surface area contributed by atoms with Crippen molar-refractivity contribution in [1.82, 2.24) is 9.88 Å². The number of nitrogens with zero attached hydrogens (tertiary/aromatic N) is 2. The Morgan fingerprint density at radius 3 is 2.96 bits per heavy atom. The second kappa shape index (κ2) is 7.06. The van der Waals surface area contributed by atoms with Gasteiger partial charge in [-0.2, -0.15) is 0 Å². The number of benzene rings is 1. The highest BCUT2D eigenvalue weighted by atomic mass is 35.5. The van der Waals surface area contributed by atoms with Crippen LogP contribution in [0.15, 0.2) is 24.3 Å². The van der Waals surface area contributed by atoms with Crippen LogP contribution in [0.2, 0.25) is 5.02 Å². The van der Waals surface area contributed by atoms with Crippen molar-refractivity contribution in [3.63, 3.8) is 0 Å². The first-order valence-electron chi connectivity index (χ1n) is 7.20. The van der Waals surface area contributed by atoms with Crippen LogP contribution in [0.5, 0.6) is 0 Å². The molecule has 1 aliphatic heterocycles. The highest BCUT2D eigenvalue weighted by Crippen LogP contribution is 2.28. The van der Waals surface area contributed by atoms with Gasteiger partial charge in [0.1, 0.15) is 0 Å². The minimum absolute atomic E-state index is 0.196. The number of amides is 3. The Morgan fingerprint density at radius 1 is 1.38 bits per heavy atom. The van der Waals surface area contributed by atoms with Crippen molar-refractivity contribution in [2.45, 2.75) is 13.0 Å². The minimum atomic E-state index is -0.559. The predicted octanol–water partition coefficient (Wildman–Crippen LogP) is 3.57. The molecule has 0 bridgehead atoms. The van der Waals surface area contributed by atoms with Crippen molar-refractivity contribution in [1.29, 1.82) is 0 Å². The fourth-order valence-electron chi connectivity index (χ4n) is 2.33. The highest BCUT2D eigenvalue weighted by Gasteiger charge is 2.24. The molecule has 3 amide bonds. The molecule has 24 heavy (non-hydrogen) atoms. The molecule has 0 fully saturated rings. The van der Waals surface area contributed by atoms with Crippen molar-refractivity contribution in [2.24, 2.45) is 0 Å². The normalized spacial score (nSPS) is 13.2. The molecule has 0 saturated heterocycles. The molecule has 0 saturated carbocycles. The molecular weight excluding hydrogens is 352 g/mol. The lowest BCUT2D eigenvalue weighted by Crippen LogP contribution is -2.38.